The van der Waals surface area contributed by atoms with Crippen molar-refractivity contribution in [2.75, 3.05) is 66.7 Å². The average Bonchev–Trinajstić information content (AvgIpc) is 2.69. The Kier molecular flexibility index (Phi) is 4.01. The van der Waals surface area contributed by atoms with E-state index in [0.717, 1.165) is 52.5 Å². The van der Waals surface area contributed by atoms with Crippen molar-refractivity contribution in [1.82, 2.24) is 9.80 Å². The Labute approximate surface area is 97.2 Å². The molecule has 0 atom stereocenters. The van der Waals surface area contributed by atoms with Gasteiger partial charge in [0.1, 0.15) is 0 Å². The first-order valence-corrected chi connectivity index (χ1v) is 5.97. The van der Waals surface area contributed by atoms with E-state index in [4.69, 9.17) is 9.47 Å². The molecule has 2 heterocycles. The topological polar surface area (TPSA) is 27.9 Å². The van der Waals surface area contributed by atoms with Gasteiger partial charge < -0.3 is 9.47 Å². The van der Waals surface area contributed by atoms with Crippen LogP contribution in [0.5, 0.6) is 0 Å². The van der Waals surface area contributed by atoms with Crippen LogP contribution in [0.15, 0.2) is 0 Å². The van der Waals surface area contributed by atoms with Crippen molar-refractivity contribution >= 4 is 5.96 Å². The number of likely N-dealkylation sites (N-methyl/N-ethyl adjacent to an activating group) is 1. The Morgan fingerprint density at radius 1 is 1.31 bits per heavy atom. The Hall–Kier alpha value is -0.810. The molecule has 0 aliphatic carbocycles. The molecule has 0 radical (unpaired) electrons. The maximum absolute atomic E-state index is 5.39. The molecule has 0 amide bonds. The van der Waals surface area contributed by atoms with Crippen LogP contribution in [-0.2, 0) is 9.47 Å². The van der Waals surface area contributed by atoms with Gasteiger partial charge in [-0.1, -0.05) is 0 Å². The normalized spacial score (nSPS) is 22.1. The van der Waals surface area contributed by atoms with E-state index in [1.54, 1.807) is 7.11 Å². The van der Waals surface area contributed by atoms with E-state index in [1.807, 2.05) is 0 Å². The fourth-order valence-electron chi connectivity index (χ4n) is 2.33. The van der Waals surface area contributed by atoms with Crippen molar-refractivity contribution in [2.45, 2.75) is 0 Å². The van der Waals surface area contributed by atoms with Gasteiger partial charge in [-0.2, -0.15) is 0 Å². The molecule has 1 saturated heterocycles. The van der Waals surface area contributed by atoms with Crippen LogP contribution in [0.4, 0.5) is 0 Å². The first kappa shape index (κ1) is 11.7. The number of hydrogen-bond donors (Lipinski definition) is 0. The van der Waals surface area contributed by atoms with E-state index in [-0.39, 0.29) is 0 Å². The number of nitrogens with zero attached hydrogens (tertiary/aromatic N) is 3. The van der Waals surface area contributed by atoms with Crippen LogP contribution in [0.3, 0.4) is 0 Å². The number of rotatable bonds is 3. The summed E-state index contributed by atoms with van der Waals surface area (Å²) >= 11 is 0. The lowest BCUT2D eigenvalue weighted by Gasteiger charge is -2.27. The third-order valence-corrected chi connectivity index (χ3v) is 3.19. The fourth-order valence-corrected chi connectivity index (χ4v) is 2.33. The third-order valence-electron chi connectivity index (χ3n) is 3.19. The van der Waals surface area contributed by atoms with E-state index in [2.05, 4.69) is 21.4 Å². The molecule has 0 bridgehead atoms. The van der Waals surface area contributed by atoms with Crippen LogP contribution in [0, 0.1) is 0 Å². The van der Waals surface area contributed by atoms with Crippen molar-refractivity contribution in [3.8, 4) is 0 Å². The number of morpholine rings is 1. The zero-order chi connectivity index (χ0) is 11.4. The minimum Gasteiger partial charge on any atom is -0.381 e. The quantitative estimate of drug-likeness (QED) is 0.596. The smallest absolute Gasteiger partial charge is 0.350 e. The number of guanidine groups is 1. The molecular weight excluding hydrogens is 206 g/mol. The lowest BCUT2D eigenvalue weighted by atomic mass is 10.4. The van der Waals surface area contributed by atoms with E-state index in [1.165, 1.54) is 5.96 Å². The Morgan fingerprint density at radius 2 is 2.06 bits per heavy atom. The summed E-state index contributed by atoms with van der Waals surface area (Å²) < 4.78 is 12.9. The Morgan fingerprint density at radius 3 is 2.75 bits per heavy atom. The van der Waals surface area contributed by atoms with Crippen molar-refractivity contribution in [3.05, 3.63) is 0 Å². The third kappa shape index (κ3) is 2.47. The molecule has 0 N–H and O–H groups in total. The van der Waals surface area contributed by atoms with E-state index in [9.17, 15) is 0 Å². The van der Waals surface area contributed by atoms with Crippen molar-refractivity contribution in [3.63, 3.8) is 0 Å². The maximum Gasteiger partial charge on any atom is 0.350 e. The van der Waals surface area contributed by atoms with Gasteiger partial charge in [-0.05, 0) is 0 Å². The van der Waals surface area contributed by atoms with Gasteiger partial charge in [-0.15, -0.1) is 0 Å². The van der Waals surface area contributed by atoms with Crippen molar-refractivity contribution in [2.24, 2.45) is 0 Å². The average molecular weight is 228 g/mol. The second kappa shape index (κ2) is 5.50. The SMILES string of the molecule is COCCN1CC[N+](C)=C1N1CCOCC1. The van der Waals surface area contributed by atoms with Gasteiger partial charge in [0.25, 0.3) is 0 Å². The summed E-state index contributed by atoms with van der Waals surface area (Å²) in [6, 6.07) is 0. The summed E-state index contributed by atoms with van der Waals surface area (Å²) in [5.41, 5.74) is 0. The monoisotopic (exact) mass is 228 g/mol. The van der Waals surface area contributed by atoms with Gasteiger partial charge in [-0.25, -0.2) is 0 Å². The molecule has 0 aromatic rings. The van der Waals surface area contributed by atoms with Crippen molar-refractivity contribution < 1.29 is 14.0 Å². The molecule has 0 spiro atoms. The summed E-state index contributed by atoms with van der Waals surface area (Å²) in [5.74, 6) is 1.35. The highest BCUT2D eigenvalue weighted by Crippen LogP contribution is 2.07. The highest BCUT2D eigenvalue weighted by molar-refractivity contribution is 5.76. The highest BCUT2D eigenvalue weighted by atomic mass is 16.5. The second-order valence-corrected chi connectivity index (χ2v) is 4.30. The minimum atomic E-state index is 0.793. The molecule has 5 heteroatoms. The highest BCUT2D eigenvalue weighted by Gasteiger charge is 2.33. The lowest BCUT2D eigenvalue weighted by Crippen LogP contribution is -2.49. The molecular formula is C11H22N3O2+. The summed E-state index contributed by atoms with van der Waals surface area (Å²) in [7, 11) is 3.92. The molecule has 2 rings (SSSR count). The van der Waals surface area contributed by atoms with E-state index in [0.29, 0.717) is 0 Å². The zero-order valence-electron chi connectivity index (χ0n) is 10.3. The van der Waals surface area contributed by atoms with Crippen LogP contribution in [-0.4, -0.2) is 87.0 Å². The van der Waals surface area contributed by atoms with Crippen LogP contribution in [0.1, 0.15) is 0 Å². The molecule has 0 aromatic carbocycles. The van der Waals surface area contributed by atoms with Gasteiger partial charge in [0.05, 0.1) is 59.6 Å². The number of methoxy groups -OCH3 is 1. The first-order chi connectivity index (χ1) is 7.83. The van der Waals surface area contributed by atoms with Gasteiger partial charge in [0.15, 0.2) is 0 Å². The molecule has 0 aromatic heterocycles. The standard InChI is InChI=1S/C11H22N3O2/c1-12-3-4-13(5-8-15-2)11(12)14-6-9-16-10-7-14/h3-10H2,1-2H3/q+1. The predicted octanol–water partition coefficient (Wildman–Crippen LogP) is -0.721. The van der Waals surface area contributed by atoms with Crippen molar-refractivity contribution in [1.29, 1.82) is 0 Å². The largest absolute Gasteiger partial charge is 0.381 e. The van der Waals surface area contributed by atoms with E-state index < -0.39 is 0 Å². The molecule has 0 saturated carbocycles. The van der Waals surface area contributed by atoms with Gasteiger partial charge in [0.2, 0.25) is 0 Å². The van der Waals surface area contributed by atoms with Crippen LogP contribution in [0.2, 0.25) is 0 Å². The molecule has 92 valence electrons. The van der Waals surface area contributed by atoms with Crippen LogP contribution < -0.4 is 0 Å². The second-order valence-electron chi connectivity index (χ2n) is 4.30. The van der Waals surface area contributed by atoms with E-state index >= 15 is 0 Å². The minimum absolute atomic E-state index is 0.793. The number of hydrogen-bond acceptors (Lipinski definition) is 4. The summed E-state index contributed by atoms with van der Waals surface area (Å²) in [5, 5.41) is 0. The Balaban J connectivity index is 1.99. The summed E-state index contributed by atoms with van der Waals surface area (Å²) in [4.78, 5) is 4.83. The molecule has 5 nitrogen and oxygen atoms in total. The van der Waals surface area contributed by atoms with Gasteiger partial charge >= 0.3 is 5.96 Å². The molecule has 0 unspecified atom stereocenters. The molecule has 2 aliphatic rings. The number of ether oxygens (including phenoxy) is 2. The van der Waals surface area contributed by atoms with Crippen LogP contribution in [0.25, 0.3) is 0 Å². The van der Waals surface area contributed by atoms with Crippen LogP contribution >= 0.6 is 0 Å². The Bertz CT molecular complexity index is 262. The fraction of sp³-hybridized carbons (Fsp3) is 0.909. The molecule has 16 heavy (non-hydrogen) atoms. The van der Waals surface area contributed by atoms with Gasteiger partial charge in [-0.3, -0.25) is 14.4 Å². The summed E-state index contributed by atoms with van der Waals surface area (Å²) in [6.45, 7) is 7.68. The molecule has 2 aliphatic heterocycles. The molecule has 1 fully saturated rings. The predicted molar refractivity (Wildman–Crippen MR) is 61.9 cm³/mol. The summed E-state index contributed by atoms with van der Waals surface area (Å²) in [6.07, 6.45) is 0. The van der Waals surface area contributed by atoms with Gasteiger partial charge in [0, 0.05) is 7.11 Å². The first-order valence-electron chi connectivity index (χ1n) is 5.97. The maximum atomic E-state index is 5.39. The lowest BCUT2D eigenvalue weighted by molar-refractivity contribution is -0.492. The zero-order valence-corrected chi connectivity index (χ0v) is 10.3.